The number of thiazole rings is 1. The average molecular weight is 306 g/mol. The number of nitrogen functional groups attached to an aromatic ring is 1. The van der Waals surface area contributed by atoms with Gasteiger partial charge in [-0.25, -0.2) is 4.98 Å². The highest BCUT2D eigenvalue weighted by Crippen LogP contribution is 2.22. The van der Waals surface area contributed by atoms with Crippen molar-refractivity contribution in [1.82, 2.24) is 10.3 Å². The van der Waals surface area contributed by atoms with Gasteiger partial charge in [-0.15, -0.1) is 11.3 Å². The molecular formula is C13H14N4O3S. The molecule has 0 fully saturated rings. The van der Waals surface area contributed by atoms with Crippen molar-refractivity contribution in [2.45, 2.75) is 19.9 Å². The monoisotopic (exact) mass is 306 g/mol. The van der Waals surface area contributed by atoms with Crippen molar-refractivity contribution in [3.05, 3.63) is 50.0 Å². The van der Waals surface area contributed by atoms with Gasteiger partial charge in [0.1, 0.15) is 10.7 Å². The number of amides is 1. The maximum Gasteiger partial charge on any atom is 0.292 e. The fourth-order valence-corrected chi connectivity index (χ4v) is 2.52. The Hall–Kier alpha value is -2.48. The smallest absolute Gasteiger partial charge is 0.292 e. The van der Waals surface area contributed by atoms with Crippen LogP contribution in [0.15, 0.2) is 24.4 Å². The molecule has 0 saturated heterocycles. The molecule has 1 heterocycles. The molecule has 0 aliphatic carbocycles. The van der Waals surface area contributed by atoms with Crippen LogP contribution in [-0.2, 0) is 13.0 Å². The topological polar surface area (TPSA) is 111 Å². The molecule has 0 saturated carbocycles. The lowest BCUT2D eigenvalue weighted by atomic mass is 10.1. The number of aromatic nitrogens is 1. The second-order valence-electron chi connectivity index (χ2n) is 4.29. The van der Waals surface area contributed by atoms with E-state index in [0.29, 0.717) is 6.54 Å². The van der Waals surface area contributed by atoms with Crippen LogP contribution in [0.2, 0.25) is 0 Å². The second kappa shape index (κ2) is 6.31. The summed E-state index contributed by atoms with van der Waals surface area (Å²) in [5.41, 5.74) is 5.60. The third-order valence-electron chi connectivity index (χ3n) is 2.84. The minimum Gasteiger partial charge on any atom is -0.393 e. The summed E-state index contributed by atoms with van der Waals surface area (Å²) in [7, 11) is 0. The Bertz CT molecular complexity index is 684. The maximum absolute atomic E-state index is 12.0. The lowest BCUT2D eigenvalue weighted by Crippen LogP contribution is -2.22. The van der Waals surface area contributed by atoms with Gasteiger partial charge in [0.25, 0.3) is 11.6 Å². The molecule has 0 aliphatic heterocycles. The van der Waals surface area contributed by atoms with E-state index in [0.717, 1.165) is 16.3 Å². The van der Waals surface area contributed by atoms with Crippen LogP contribution >= 0.6 is 11.3 Å². The summed E-state index contributed by atoms with van der Waals surface area (Å²) < 4.78 is 0. The molecule has 2 aromatic rings. The predicted octanol–water partition coefficient (Wildman–Crippen LogP) is 2.13. The molecule has 1 aromatic heterocycles. The molecule has 0 bridgehead atoms. The van der Waals surface area contributed by atoms with E-state index in [2.05, 4.69) is 10.3 Å². The van der Waals surface area contributed by atoms with E-state index in [9.17, 15) is 14.9 Å². The van der Waals surface area contributed by atoms with Crippen LogP contribution in [0.1, 0.15) is 27.2 Å². The van der Waals surface area contributed by atoms with Crippen LogP contribution < -0.4 is 11.1 Å². The molecule has 0 aliphatic rings. The van der Waals surface area contributed by atoms with E-state index < -0.39 is 4.92 Å². The number of aryl methyl sites for hydroxylation is 1. The van der Waals surface area contributed by atoms with Gasteiger partial charge in [0, 0.05) is 22.7 Å². The zero-order valence-corrected chi connectivity index (χ0v) is 12.1. The van der Waals surface area contributed by atoms with Crippen molar-refractivity contribution in [3.8, 4) is 0 Å². The molecule has 0 unspecified atom stereocenters. The zero-order chi connectivity index (χ0) is 15.4. The number of carbonyl (C=O) groups is 1. The van der Waals surface area contributed by atoms with Crippen molar-refractivity contribution < 1.29 is 9.72 Å². The summed E-state index contributed by atoms with van der Waals surface area (Å²) in [5, 5.41) is 14.2. The molecule has 21 heavy (non-hydrogen) atoms. The van der Waals surface area contributed by atoms with Gasteiger partial charge >= 0.3 is 0 Å². The highest BCUT2D eigenvalue weighted by atomic mass is 32.1. The van der Waals surface area contributed by atoms with E-state index >= 15 is 0 Å². The maximum atomic E-state index is 12.0. The third kappa shape index (κ3) is 3.54. The highest BCUT2D eigenvalue weighted by Gasteiger charge is 2.14. The number of hydrogen-bond acceptors (Lipinski definition) is 6. The van der Waals surface area contributed by atoms with E-state index in [1.807, 2.05) is 6.92 Å². The number of nitrogens with one attached hydrogen (secondary N) is 1. The van der Waals surface area contributed by atoms with Gasteiger partial charge in [-0.05, 0) is 18.6 Å². The summed E-state index contributed by atoms with van der Waals surface area (Å²) in [6.45, 7) is 2.36. The Labute approximate surface area is 125 Å². The van der Waals surface area contributed by atoms with Crippen LogP contribution in [0, 0.1) is 10.1 Å². The number of nitrogens with zero attached hydrogens (tertiary/aromatic N) is 2. The first kappa shape index (κ1) is 14.9. The van der Waals surface area contributed by atoms with Crippen LogP contribution in [-0.4, -0.2) is 15.8 Å². The van der Waals surface area contributed by atoms with Crippen LogP contribution in [0.3, 0.4) is 0 Å². The van der Waals surface area contributed by atoms with Gasteiger partial charge in [-0.2, -0.15) is 0 Å². The molecule has 8 heteroatoms. The first-order valence-corrected chi connectivity index (χ1v) is 7.08. The van der Waals surface area contributed by atoms with Crippen LogP contribution in [0.4, 0.5) is 11.4 Å². The number of nitro benzene ring substituents is 1. The summed E-state index contributed by atoms with van der Waals surface area (Å²) in [5.74, 6) is -0.343. The Kier molecular flexibility index (Phi) is 4.49. The first-order chi connectivity index (χ1) is 10.0. The quantitative estimate of drug-likeness (QED) is 0.499. The molecule has 2 rings (SSSR count). The fraction of sp³-hybridized carbons (Fsp3) is 0.231. The molecule has 110 valence electrons. The predicted molar refractivity (Wildman–Crippen MR) is 80.2 cm³/mol. The van der Waals surface area contributed by atoms with Crippen molar-refractivity contribution in [3.63, 3.8) is 0 Å². The Balaban J connectivity index is 2.03. The van der Waals surface area contributed by atoms with Gasteiger partial charge in [0.2, 0.25) is 0 Å². The van der Waals surface area contributed by atoms with Gasteiger partial charge in [0.15, 0.2) is 0 Å². The third-order valence-corrected chi connectivity index (χ3v) is 3.98. The standard InChI is InChI=1S/C13H14N4O3S/c1-2-9-6-15-12(21-9)7-16-13(18)8-3-4-11(17(19)20)10(14)5-8/h3-6H,2,7,14H2,1H3,(H,16,18). The van der Waals surface area contributed by atoms with Crippen molar-refractivity contribution in [2.24, 2.45) is 0 Å². The first-order valence-electron chi connectivity index (χ1n) is 6.27. The molecule has 0 spiro atoms. The molecular weight excluding hydrogens is 292 g/mol. The molecule has 0 radical (unpaired) electrons. The van der Waals surface area contributed by atoms with E-state index in [4.69, 9.17) is 5.73 Å². The van der Waals surface area contributed by atoms with Gasteiger partial charge in [-0.1, -0.05) is 6.92 Å². The number of hydrogen-bond donors (Lipinski definition) is 2. The highest BCUT2D eigenvalue weighted by molar-refractivity contribution is 7.11. The molecule has 7 nitrogen and oxygen atoms in total. The largest absolute Gasteiger partial charge is 0.393 e. The van der Waals surface area contributed by atoms with Gasteiger partial charge in [-0.3, -0.25) is 14.9 Å². The number of benzene rings is 1. The number of rotatable bonds is 5. The fourth-order valence-electron chi connectivity index (χ4n) is 1.71. The van der Waals surface area contributed by atoms with Crippen LogP contribution in [0.25, 0.3) is 0 Å². The lowest BCUT2D eigenvalue weighted by Gasteiger charge is -2.04. The van der Waals surface area contributed by atoms with E-state index in [1.54, 1.807) is 6.20 Å². The lowest BCUT2D eigenvalue weighted by molar-refractivity contribution is -0.383. The van der Waals surface area contributed by atoms with Crippen molar-refractivity contribution >= 4 is 28.6 Å². The summed E-state index contributed by atoms with van der Waals surface area (Å²) in [6.07, 6.45) is 2.69. The van der Waals surface area contributed by atoms with Gasteiger partial charge < -0.3 is 11.1 Å². The zero-order valence-electron chi connectivity index (χ0n) is 11.3. The van der Waals surface area contributed by atoms with E-state index in [-0.39, 0.29) is 22.8 Å². The van der Waals surface area contributed by atoms with E-state index in [1.165, 1.54) is 29.5 Å². The Morgan fingerprint density at radius 3 is 2.86 bits per heavy atom. The molecule has 0 atom stereocenters. The molecule has 1 aromatic carbocycles. The van der Waals surface area contributed by atoms with Gasteiger partial charge in [0.05, 0.1) is 11.5 Å². The molecule has 1 amide bonds. The Morgan fingerprint density at radius 1 is 1.52 bits per heavy atom. The number of anilines is 1. The van der Waals surface area contributed by atoms with Crippen molar-refractivity contribution in [1.29, 1.82) is 0 Å². The summed E-state index contributed by atoms with van der Waals surface area (Å²) in [6, 6.07) is 3.90. The summed E-state index contributed by atoms with van der Waals surface area (Å²) >= 11 is 1.54. The SMILES string of the molecule is CCc1cnc(CNC(=O)c2ccc([N+](=O)[O-])c(N)c2)s1. The summed E-state index contributed by atoms with van der Waals surface area (Å²) in [4.78, 5) is 27.4. The number of nitrogens with two attached hydrogens (primary N) is 1. The average Bonchev–Trinajstić information content (AvgIpc) is 2.92. The molecule has 3 N–H and O–H groups in total. The minimum atomic E-state index is -0.584. The van der Waals surface area contributed by atoms with Crippen LogP contribution in [0.5, 0.6) is 0 Å². The second-order valence-corrected chi connectivity index (χ2v) is 5.49. The Morgan fingerprint density at radius 2 is 2.29 bits per heavy atom. The normalized spacial score (nSPS) is 10.3. The number of nitro groups is 1. The van der Waals surface area contributed by atoms with Crippen molar-refractivity contribution in [2.75, 3.05) is 5.73 Å². The number of carbonyl (C=O) groups excluding carboxylic acids is 1. The minimum absolute atomic E-state index is 0.0323.